The molecule has 2 aromatic heterocycles. The molecule has 0 spiro atoms. The summed E-state index contributed by atoms with van der Waals surface area (Å²) < 4.78 is 28.1. The van der Waals surface area contributed by atoms with Gasteiger partial charge in [-0.1, -0.05) is 146 Å². The lowest BCUT2D eigenvalue weighted by Gasteiger charge is -2.61. The standard InChI is InChI=1S/C55H53N5O7/c1-51(2,3)50(62)66-47-45(34-61)67-55(60-36-59-46-48(56)57-35-58-49(46)60,53(39-22-14-8-15-23-39,40-24-16-9-17-25-40)42-28-32-44(65-5)33-29-42)54(47,63)52(37-18-10-6-11-19-37,38-20-12-7-13-21-38)41-26-30-43(64-4)31-27-41/h6-33,35-36,45,47,61,63H,34H2,1-5H3,(H2,56,57,58)/t45-,47-,54+,55-/m1/s1. The Morgan fingerprint density at radius 2 is 1.06 bits per heavy atom. The van der Waals surface area contributed by atoms with Crippen molar-refractivity contribution in [2.75, 3.05) is 26.6 Å². The van der Waals surface area contributed by atoms with E-state index < -0.39 is 52.4 Å². The Morgan fingerprint density at radius 1 is 0.642 bits per heavy atom. The third kappa shape index (κ3) is 6.69. The van der Waals surface area contributed by atoms with Crippen LogP contribution in [0, 0.1) is 5.41 Å². The fourth-order valence-corrected chi connectivity index (χ4v) is 10.4. The molecule has 4 N–H and O–H groups in total. The van der Waals surface area contributed by atoms with Gasteiger partial charge >= 0.3 is 5.97 Å². The number of nitrogens with two attached hydrogens (primary N) is 1. The molecule has 0 bridgehead atoms. The van der Waals surface area contributed by atoms with Crippen LogP contribution in [-0.2, 0) is 30.8 Å². The number of hydrogen-bond donors (Lipinski definition) is 3. The van der Waals surface area contributed by atoms with Crippen LogP contribution >= 0.6 is 0 Å². The summed E-state index contributed by atoms with van der Waals surface area (Å²) in [6, 6.07) is 53.8. The first-order chi connectivity index (χ1) is 32.4. The van der Waals surface area contributed by atoms with Crippen molar-refractivity contribution >= 4 is 23.0 Å². The van der Waals surface area contributed by atoms with E-state index in [-0.39, 0.29) is 17.0 Å². The highest BCUT2D eigenvalue weighted by molar-refractivity contribution is 5.82. The van der Waals surface area contributed by atoms with Crippen LogP contribution in [0.25, 0.3) is 11.2 Å². The SMILES string of the molecule is COc1ccc(C(c2ccccc2)(c2ccccc2)[C@@]2(n3cnc4c(N)ncnc43)O[C@H](CO)[C@@H](OC(=O)C(C)(C)C)[C@]2(O)C(c2ccccc2)(c2ccccc2)c2ccc(OC)cc2)cc1. The number of aliphatic hydroxyl groups excluding tert-OH is 1. The van der Waals surface area contributed by atoms with E-state index in [4.69, 9.17) is 34.6 Å². The zero-order valence-corrected chi connectivity index (χ0v) is 38.0. The number of ether oxygens (including phenoxy) is 4. The number of esters is 1. The van der Waals surface area contributed by atoms with Crippen molar-refractivity contribution in [2.24, 2.45) is 5.41 Å². The van der Waals surface area contributed by atoms with Crippen LogP contribution in [-0.4, -0.2) is 74.3 Å². The Hall–Kier alpha value is -7.38. The molecule has 9 rings (SSSR count). The molecule has 8 aromatic rings. The second-order valence-electron chi connectivity index (χ2n) is 17.8. The van der Waals surface area contributed by atoms with Crippen LogP contribution < -0.4 is 15.2 Å². The van der Waals surface area contributed by atoms with Gasteiger partial charge in [-0.3, -0.25) is 9.36 Å². The highest BCUT2D eigenvalue weighted by Crippen LogP contribution is 2.69. The van der Waals surface area contributed by atoms with E-state index >= 15 is 5.11 Å². The first kappa shape index (κ1) is 44.8. The van der Waals surface area contributed by atoms with Crippen molar-refractivity contribution in [3.63, 3.8) is 0 Å². The molecule has 1 aliphatic rings. The van der Waals surface area contributed by atoms with Gasteiger partial charge in [-0.25, -0.2) is 15.0 Å². The Labute approximate surface area is 389 Å². The third-order valence-corrected chi connectivity index (χ3v) is 13.3. The molecule has 340 valence electrons. The maximum absolute atomic E-state index is 16.2. The zero-order chi connectivity index (χ0) is 47.0. The molecule has 12 heteroatoms. The number of nitrogen functional groups attached to an aromatic ring is 1. The smallest absolute Gasteiger partial charge is 0.311 e. The lowest BCUT2D eigenvalue weighted by Crippen LogP contribution is -2.76. The first-order valence-corrected chi connectivity index (χ1v) is 22.1. The van der Waals surface area contributed by atoms with Crippen LogP contribution in [0.3, 0.4) is 0 Å². The second-order valence-corrected chi connectivity index (χ2v) is 17.8. The zero-order valence-electron chi connectivity index (χ0n) is 38.0. The van der Waals surface area contributed by atoms with Gasteiger partial charge in [0.25, 0.3) is 0 Å². The normalized spacial score (nSPS) is 19.8. The van der Waals surface area contributed by atoms with Gasteiger partial charge in [-0.05, 0) is 78.4 Å². The van der Waals surface area contributed by atoms with Gasteiger partial charge in [-0.15, -0.1) is 0 Å². The molecule has 0 radical (unpaired) electrons. The monoisotopic (exact) mass is 895 g/mol. The van der Waals surface area contributed by atoms with E-state index in [1.807, 2.05) is 170 Å². The predicted molar refractivity (Wildman–Crippen MR) is 255 cm³/mol. The fraction of sp³-hybridized carbons (Fsp3) is 0.236. The Bertz CT molecular complexity index is 2890. The second kappa shape index (κ2) is 17.4. The van der Waals surface area contributed by atoms with Crippen LogP contribution in [0.15, 0.2) is 183 Å². The molecule has 3 heterocycles. The quantitative estimate of drug-likeness (QED) is 0.0755. The van der Waals surface area contributed by atoms with Gasteiger partial charge in [0.05, 0.1) is 43.4 Å². The molecule has 1 aliphatic heterocycles. The number of carbonyl (C=O) groups is 1. The Morgan fingerprint density at radius 3 is 1.48 bits per heavy atom. The number of benzene rings is 6. The summed E-state index contributed by atoms with van der Waals surface area (Å²) in [7, 11) is 3.19. The maximum atomic E-state index is 16.2. The average molecular weight is 896 g/mol. The van der Waals surface area contributed by atoms with Gasteiger partial charge in [0, 0.05) is 0 Å². The molecule has 67 heavy (non-hydrogen) atoms. The van der Waals surface area contributed by atoms with Gasteiger partial charge in [-0.2, -0.15) is 0 Å². The highest BCUT2D eigenvalue weighted by atomic mass is 16.6. The van der Waals surface area contributed by atoms with Crippen LogP contribution in [0.2, 0.25) is 0 Å². The predicted octanol–water partition coefficient (Wildman–Crippen LogP) is 8.23. The largest absolute Gasteiger partial charge is 0.497 e. The number of anilines is 1. The molecule has 1 saturated heterocycles. The third-order valence-electron chi connectivity index (χ3n) is 13.3. The number of aliphatic hydroxyl groups is 2. The summed E-state index contributed by atoms with van der Waals surface area (Å²) >= 11 is 0. The minimum atomic E-state index is -2.61. The van der Waals surface area contributed by atoms with E-state index in [0.717, 1.165) is 0 Å². The summed E-state index contributed by atoms with van der Waals surface area (Å²) in [6.45, 7) is 4.53. The number of fused-ring (bicyclic) bond motifs is 1. The van der Waals surface area contributed by atoms with Crippen LogP contribution in [0.1, 0.15) is 54.2 Å². The molecule has 4 atom stereocenters. The van der Waals surface area contributed by atoms with Crippen LogP contribution in [0.4, 0.5) is 5.82 Å². The number of aromatic nitrogens is 4. The summed E-state index contributed by atoms with van der Waals surface area (Å²) in [5.74, 6) is 0.583. The van der Waals surface area contributed by atoms with E-state index in [2.05, 4.69) is 4.98 Å². The highest BCUT2D eigenvalue weighted by Gasteiger charge is 2.83. The van der Waals surface area contributed by atoms with Crippen molar-refractivity contribution in [1.29, 1.82) is 0 Å². The number of methoxy groups -OCH3 is 2. The van der Waals surface area contributed by atoms with Crippen molar-refractivity contribution in [2.45, 2.75) is 55.1 Å². The summed E-state index contributed by atoms with van der Waals surface area (Å²) in [5, 5.41) is 28.2. The number of hydrogen-bond acceptors (Lipinski definition) is 11. The van der Waals surface area contributed by atoms with Crippen molar-refractivity contribution in [3.8, 4) is 11.5 Å². The lowest BCUT2D eigenvalue weighted by molar-refractivity contribution is -0.240. The van der Waals surface area contributed by atoms with E-state index in [9.17, 15) is 9.90 Å². The summed E-state index contributed by atoms with van der Waals surface area (Å²) in [4.78, 5) is 29.1. The number of imidazole rings is 1. The molecule has 0 unspecified atom stereocenters. The number of rotatable bonds is 13. The van der Waals surface area contributed by atoms with E-state index in [1.165, 1.54) is 6.33 Å². The molecular formula is C55H53N5O7. The molecule has 0 saturated carbocycles. The van der Waals surface area contributed by atoms with Gasteiger partial charge in [0.15, 0.2) is 28.9 Å². The molecular weight excluding hydrogens is 843 g/mol. The van der Waals surface area contributed by atoms with Gasteiger partial charge < -0.3 is 34.9 Å². The van der Waals surface area contributed by atoms with Crippen LogP contribution in [0.5, 0.6) is 11.5 Å². The Kier molecular flexibility index (Phi) is 11.7. The van der Waals surface area contributed by atoms with Crippen molar-refractivity contribution in [1.82, 2.24) is 19.5 Å². The first-order valence-electron chi connectivity index (χ1n) is 22.1. The summed E-state index contributed by atoms with van der Waals surface area (Å²) in [6.07, 6.45) is -0.220. The molecule has 6 aromatic carbocycles. The topological polar surface area (TPSA) is 164 Å². The molecule has 0 amide bonds. The van der Waals surface area contributed by atoms with E-state index in [1.54, 1.807) is 45.9 Å². The van der Waals surface area contributed by atoms with Gasteiger partial charge in [0.1, 0.15) is 29.4 Å². The average Bonchev–Trinajstić information content (AvgIpc) is 3.92. The number of nitrogens with zero attached hydrogens (tertiary/aromatic N) is 4. The van der Waals surface area contributed by atoms with Gasteiger partial charge in [0.2, 0.25) is 0 Å². The Balaban J connectivity index is 1.64. The van der Waals surface area contributed by atoms with E-state index in [0.29, 0.717) is 44.9 Å². The van der Waals surface area contributed by atoms with Crippen molar-refractivity contribution in [3.05, 3.63) is 216 Å². The minimum Gasteiger partial charge on any atom is -0.497 e. The van der Waals surface area contributed by atoms with Crippen molar-refractivity contribution < 1.29 is 34.0 Å². The lowest BCUT2D eigenvalue weighted by atomic mass is 9.47. The molecule has 0 aliphatic carbocycles. The number of carbonyl (C=O) groups excluding carboxylic acids is 1. The molecule has 12 nitrogen and oxygen atoms in total. The summed E-state index contributed by atoms with van der Waals surface area (Å²) in [5.41, 5.74) is 1.20. The molecule has 1 fully saturated rings. The maximum Gasteiger partial charge on any atom is 0.311 e. The minimum absolute atomic E-state index is 0.0804. The fourth-order valence-electron chi connectivity index (χ4n) is 10.4.